The number of nitrogens with one attached hydrogen (secondary N) is 2. The second-order valence-corrected chi connectivity index (χ2v) is 10.5. The fourth-order valence-corrected chi connectivity index (χ4v) is 2.84. The lowest BCUT2D eigenvalue weighted by atomic mass is 9.81. The van der Waals surface area contributed by atoms with E-state index in [0.717, 1.165) is 32.0 Å². The number of hydrogen-bond acceptors (Lipinski definition) is 6. The van der Waals surface area contributed by atoms with E-state index in [0.29, 0.717) is 5.92 Å². The van der Waals surface area contributed by atoms with Crippen molar-refractivity contribution in [3.8, 4) is 0 Å². The van der Waals surface area contributed by atoms with Gasteiger partial charge in [-0.3, -0.25) is 0 Å². The van der Waals surface area contributed by atoms with E-state index in [1.165, 1.54) is 0 Å². The third-order valence-corrected chi connectivity index (χ3v) is 4.30. The van der Waals surface area contributed by atoms with Crippen LogP contribution in [0.25, 0.3) is 0 Å². The topological polar surface area (TPSA) is 114 Å². The molecule has 0 aliphatic heterocycles. The van der Waals surface area contributed by atoms with Gasteiger partial charge in [0.1, 0.15) is 17.5 Å². The Morgan fingerprint density at radius 3 is 1.55 bits per heavy atom. The van der Waals surface area contributed by atoms with Gasteiger partial charge in [0.05, 0.1) is 5.34 Å². The number of aliphatic hydroxyl groups is 1. The molecule has 2 aliphatic rings. The molecule has 2 rings (SSSR count). The van der Waals surface area contributed by atoms with Crippen molar-refractivity contribution in [2.75, 3.05) is 11.9 Å². The van der Waals surface area contributed by atoms with Gasteiger partial charge in [-0.1, -0.05) is 0 Å². The molecular formula is C21H38Cl2N2O6. The fourth-order valence-electron chi connectivity index (χ4n) is 2.84. The normalized spacial score (nSPS) is 24.4. The van der Waals surface area contributed by atoms with Crippen LogP contribution in [0.1, 0.15) is 67.2 Å². The van der Waals surface area contributed by atoms with Crippen molar-refractivity contribution in [3.63, 3.8) is 0 Å². The second-order valence-electron chi connectivity index (χ2n) is 9.67. The number of hydrogen-bond donors (Lipinski definition) is 3. The summed E-state index contributed by atoms with van der Waals surface area (Å²) in [6.45, 7) is 11.2. The molecule has 0 heterocycles. The molecule has 2 fully saturated rings. The number of alkyl halides is 2. The Labute approximate surface area is 195 Å². The number of ether oxygens (including phenoxy) is 2. The van der Waals surface area contributed by atoms with Crippen molar-refractivity contribution in [2.45, 2.75) is 90.5 Å². The zero-order valence-corrected chi connectivity index (χ0v) is 20.9. The number of alkyl carbamates (subject to hydrolysis) is 2. The van der Waals surface area contributed by atoms with E-state index in [4.69, 9.17) is 37.8 Å². The third kappa shape index (κ3) is 15.2. The lowest BCUT2D eigenvalue weighted by molar-refractivity contribution is -0.113. The minimum Gasteiger partial charge on any atom is -0.444 e. The SMILES string of the molecule is CC(C)(C)OC(=O)NC1CC(C=O)C1.CC(C)(C)OC(=O)NC1CC(CO)C1.ClCCl. The van der Waals surface area contributed by atoms with Gasteiger partial charge in [0.2, 0.25) is 0 Å². The van der Waals surface area contributed by atoms with E-state index in [-0.39, 0.29) is 36.0 Å². The maximum absolute atomic E-state index is 11.3. The van der Waals surface area contributed by atoms with Crippen LogP contribution in [0.2, 0.25) is 0 Å². The van der Waals surface area contributed by atoms with Crippen molar-refractivity contribution < 1.29 is 29.0 Å². The van der Waals surface area contributed by atoms with Crippen LogP contribution >= 0.6 is 23.2 Å². The highest BCUT2D eigenvalue weighted by Crippen LogP contribution is 2.27. The first-order chi connectivity index (χ1) is 14.2. The molecule has 0 spiro atoms. The van der Waals surface area contributed by atoms with Crippen LogP contribution in [0.4, 0.5) is 9.59 Å². The van der Waals surface area contributed by atoms with Crippen molar-refractivity contribution in [2.24, 2.45) is 11.8 Å². The number of aliphatic hydroxyl groups excluding tert-OH is 1. The van der Waals surface area contributed by atoms with Crippen molar-refractivity contribution in [1.82, 2.24) is 10.6 Å². The van der Waals surface area contributed by atoms with Crippen LogP contribution < -0.4 is 10.6 Å². The lowest BCUT2D eigenvalue weighted by Crippen LogP contribution is -2.47. The molecule has 0 atom stereocenters. The summed E-state index contributed by atoms with van der Waals surface area (Å²) in [6, 6.07) is 0.294. The summed E-state index contributed by atoms with van der Waals surface area (Å²) in [6.07, 6.45) is 3.37. The molecule has 0 radical (unpaired) electrons. The number of carbonyl (C=O) groups is 3. The van der Waals surface area contributed by atoms with Gasteiger partial charge in [0, 0.05) is 24.6 Å². The molecule has 2 amide bonds. The van der Waals surface area contributed by atoms with Gasteiger partial charge in [-0.25, -0.2) is 9.59 Å². The zero-order chi connectivity index (χ0) is 24.2. The Morgan fingerprint density at radius 1 is 0.903 bits per heavy atom. The van der Waals surface area contributed by atoms with Gasteiger partial charge in [-0.05, 0) is 73.1 Å². The Morgan fingerprint density at radius 2 is 1.26 bits per heavy atom. The number of amides is 2. The van der Waals surface area contributed by atoms with E-state index in [2.05, 4.69) is 10.6 Å². The van der Waals surface area contributed by atoms with E-state index >= 15 is 0 Å². The summed E-state index contributed by atoms with van der Waals surface area (Å²) >= 11 is 9.53. The maximum atomic E-state index is 11.3. The summed E-state index contributed by atoms with van der Waals surface area (Å²) in [5, 5.41) is 14.5. The minimum absolute atomic E-state index is 0.111. The molecule has 0 unspecified atom stereocenters. The monoisotopic (exact) mass is 484 g/mol. The summed E-state index contributed by atoms with van der Waals surface area (Å²) in [4.78, 5) is 32.8. The molecule has 31 heavy (non-hydrogen) atoms. The first-order valence-electron chi connectivity index (χ1n) is 10.4. The van der Waals surface area contributed by atoms with E-state index in [1.54, 1.807) is 0 Å². The van der Waals surface area contributed by atoms with Gasteiger partial charge in [-0.2, -0.15) is 0 Å². The molecular weight excluding hydrogens is 447 g/mol. The van der Waals surface area contributed by atoms with Gasteiger partial charge >= 0.3 is 12.2 Å². The smallest absolute Gasteiger partial charge is 0.407 e. The second kappa shape index (κ2) is 14.0. The first kappa shape index (κ1) is 29.8. The van der Waals surface area contributed by atoms with Crippen molar-refractivity contribution in [3.05, 3.63) is 0 Å². The maximum Gasteiger partial charge on any atom is 0.407 e. The van der Waals surface area contributed by atoms with Crippen molar-refractivity contribution in [1.29, 1.82) is 0 Å². The molecule has 8 nitrogen and oxygen atoms in total. The molecule has 0 bridgehead atoms. The number of halogens is 2. The number of rotatable bonds is 4. The summed E-state index contributed by atoms with van der Waals surface area (Å²) in [5.41, 5.74) is -0.901. The minimum atomic E-state index is -0.460. The zero-order valence-electron chi connectivity index (χ0n) is 19.4. The molecule has 2 saturated carbocycles. The third-order valence-electron chi connectivity index (χ3n) is 4.30. The first-order valence-corrected chi connectivity index (χ1v) is 11.5. The van der Waals surface area contributed by atoms with Crippen molar-refractivity contribution >= 4 is 41.7 Å². The quantitative estimate of drug-likeness (QED) is 0.407. The van der Waals surface area contributed by atoms with Gasteiger partial charge in [0.15, 0.2) is 0 Å². The van der Waals surface area contributed by atoms with Gasteiger partial charge in [0.25, 0.3) is 0 Å². The highest BCUT2D eigenvalue weighted by molar-refractivity contribution is 6.40. The van der Waals surface area contributed by atoms with Gasteiger partial charge in [-0.15, -0.1) is 23.2 Å². The lowest BCUT2D eigenvalue weighted by Gasteiger charge is -2.34. The predicted molar refractivity (Wildman–Crippen MR) is 121 cm³/mol. The van der Waals surface area contributed by atoms with Crippen LogP contribution in [-0.2, 0) is 14.3 Å². The molecule has 0 aromatic rings. The Bertz CT molecular complexity index is 551. The van der Waals surface area contributed by atoms with E-state index in [9.17, 15) is 14.4 Å². The predicted octanol–water partition coefficient (Wildman–Crippen LogP) is 4.19. The Kier molecular flexibility index (Phi) is 13.4. The molecule has 0 saturated heterocycles. The van der Waals surface area contributed by atoms with E-state index < -0.39 is 17.3 Å². The van der Waals surface area contributed by atoms with Gasteiger partial charge < -0.3 is 30.0 Å². The number of aldehydes is 1. The van der Waals surface area contributed by atoms with Crippen LogP contribution in [-0.4, -0.2) is 58.8 Å². The average Bonchev–Trinajstić information content (AvgIpc) is 2.51. The molecule has 2 aliphatic carbocycles. The molecule has 10 heteroatoms. The standard InChI is InChI=1S/C10H19NO3.C10H17NO3.CH2Cl2/c2*1-10(2,3)14-9(13)11-8-4-7(5-8)6-12;2-1-3/h7-8,12H,4-6H2,1-3H3,(H,11,13);6-8H,4-5H2,1-3H3,(H,11,13);1H2. The average molecular weight is 485 g/mol. The molecule has 182 valence electrons. The van der Waals surface area contributed by atoms with E-state index in [1.807, 2.05) is 41.5 Å². The molecule has 3 N–H and O–H groups in total. The molecule has 0 aromatic carbocycles. The highest BCUT2D eigenvalue weighted by atomic mass is 35.5. The van der Waals surface area contributed by atoms with Crippen LogP contribution in [0.15, 0.2) is 0 Å². The summed E-state index contributed by atoms with van der Waals surface area (Å²) in [5.74, 6) is 0.477. The fraction of sp³-hybridized carbons (Fsp3) is 0.857. The van der Waals surface area contributed by atoms with Crippen LogP contribution in [0, 0.1) is 11.8 Å². The Hall–Kier alpha value is -1.25. The number of carbonyl (C=O) groups excluding carboxylic acids is 3. The Balaban J connectivity index is 0.000000516. The summed E-state index contributed by atoms with van der Waals surface area (Å²) < 4.78 is 10.2. The van der Waals surface area contributed by atoms with Crippen LogP contribution in [0.3, 0.4) is 0 Å². The highest BCUT2D eigenvalue weighted by Gasteiger charge is 2.31. The largest absolute Gasteiger partial charge is 0.444 e. The summed E-state index contributed by atoms with van der Waals surface area (Å²) in [7, 11) is 0. The molecule has 0 aromatic heterocycles. The van der Waals surface area contributed by atoms with Crippen LogP contribution in [0.5, 0.6) is 0 Å².